The van der Waals surface area contributed by atoms with Gasteiger partial charge in [-0.1, -0.05) is 66.0 Å². The summed E-state index contributed by atoms with van der Waals surface area (Å²) in [7, 11) is 0. The molecule has 0 radical (unpaired) electrons. The Morgan fingerprint density at radius 1 is 0.571 bits per heavy atom. The Hall–Kier alpha value is -0.120. The average molecular weight is 477 g/mol. The van der Waals surface area contributed by atoms with E-state index in [-0.39, 0.29) is 0 Å². The van der Waals surface area contributed by atoms with E-state index in [2.05, 4.69) is 67.5 Å². The molecule has 0 nitrogen and oxygen atoms in total. The van der Waals surface area contributed by atoms with Gasteiger partial charge < -0.3 is 0 Å². The summed E-state index contributed by atoms with van der Waals surface area (Å²) in [6.07, 6.45) is 11.8. The van der Waals surface area contributed by atoms with Crippen molar-refractivity contribution >= 4 is 47.8 Å². The molecule has 114 valence electrons. The molecule has 0 aliphatic rings. The third-order valence-corrected chi connectivity index (χ3v) is 6.26. The maximum atomic E-state index is 3.83. The summed E-state index contributed by atoms with van der Waals surface area (Å²) in [6.45, 7) is 11.5. The smallest absolute Gasteiger partial charge is 0.0262 e. The molecule has 0 saturated carbocycles. The lowest BCUT2D eigenvalue weighted by molar-refractivity contribution is 0.908. The van der Waals surface area contributed by atoms with Crippen LogP contribution in [0.25, 0.3) is 0 Å². The molecule has 1 aromatic rings. The van der Waals surface area contributed by atoms with Crippen molar-refractivity contribution in [3.05, 3.63) is 68.1 Å². The van der Waals surface area contributed by atoms with Crippen LogP contribution in [0.15, 0.2) is 51.4 Å². The van der Waals surface area contributed by atoms with Gasteiger partial charge in [-0.15, -0.1) is 19.7 Å². The molecule has 0 spiro atoms. The predicted octanol–water partition coefficient (Wildman–Crippen LogP) is 7.33. The van der Waals surface area contributed by atoms with E-state index in [0.29, 0.717) is 0 Å². The van der Waals surface area contributed by atoms with Gasteiger partial charge in [-0.25, -0.2) is 0 Å². The van der Waals surface area contributed by atoms with E-state index in [0.717, 1.165) is 38.5 Å². The monoisotopic (exact) mass is 474 g/mol. The first-order valence-electron chi connectivity index (χ1n) is 7.08. The molecule has 0 N–H and O–H groups in total. The number of hydrogen-bond acceptors (Lipinski definition) is 0. The zero-order chi connectivity index (χ0) is 15.8. The maximum Gasteiger partial charge on any atom is 0.0262 e. The minimum atomic E-state index is 0.973. The standard InChI is InChI=1S/C18H21Br3/c1-4-7-10-13-16(19)14(11-8-5-2)18(21)15(17(13)20)12-9-6-3/h4-6H,1-3,7-12H2. The molecule has 0 fully saturated rings. The lowest BCUT2D eigenvalue weighted by atomic mass is 9.97. The van der Waals surface area contributed by atoms with Crippen LogP contribution in [0.2, 0.25) is 0 Å². The topological polar surface area (TPSA) is 0 Å². The largest absolute Gasteiger partial charge is 0.103 e. The second-order valence-corrected chi connectivity index (χ2v) is 7.24. The van der Waals surface area contributed by atoms with E-state index in [4.69, 9.17) is 0 Å². The molecule has 3 heteroatoms. The Labute approximate surface area is 153 Å². The molecule has 0 unspecified atom stereocenters. The van der Waals surface area contributed by atoms with Gasteiger partial charge in [0, 0.05) is 13.4 Å². The Balaban J connectivity index is 3.36. The van der Waals surface area contributed by atoms with Gasteiger partial charge in [0.05, 0.1) is 0 Å². The minimum absolute atomic E-state index is 0.973. The van der Waals surface area contributed by atoms with Gasteiger partial charge in [-0.3, -0.25) is 0 Å². The summed E-state index contributed by atoms with van der Waals surface area (Å²) in [5.41, 5.74) is 3.99. The predicted molar refractivity (Wildman–Crippen MR) is 105 cm³/mol. The molecule has 0 aromatic heterocycles. The summed E-state index contributed by atoms with van der Waals surface area (Å²) in [6, 6.07) is 0. The van der Waals surface area contributed by atoms with Crippen LogP contribution in [0.4, 0.5) is 0 Å². The third kappa shape index (κ3) is 4.94. The van der Waals surface area contributed by atoms with Gasteiger partial charge in [0.2, 0.25) is 0 Å². The lowest BCUT2D eigenvalue weighted by Crippen LogP contribution is -2.02. The van der Waals surface area contributed by atoms with Crippen LogP contribution in [0.1, 0.15) is 36.0 Å². The van der Waals surface area contributed by atoms with Gasteiger partial charge in [0.25, 0.3) is 0 Å². The zero-order valence-corrected chi connectivity index (χ0v) is 17.0. The summed E-state index contributed by atoms with van der Waals surface area (Å²) in [5.74, 6) is 0. The summed E-state index contributed by atoms with van der Waals surface area (Å²) in [4.78, 5) is 0. The van der Waals surface area contributed by atoms with Gasteiger partial charge in [-0.05, 0) is 55.2 Å². The number of benzene rings is 1. The van der Waals surface area contributed by atoms with E-state index >= 15 is 0 Å². The van der Waals surface area contributed by atoms with E-state index in [1.165, 1.54) is 30.1 Å². The van der Waals surface area contributed by atoms with E-state index in [1.54, 1.807) is 0 Å². The number of halogens is 3. The minimum Gasteiger partial charge on any atom is -0.103 e. The normalized spacial score (nSPS) is 10.4. The zero-order valence-electron chi connectivity index (χ0n) is 12.2. The molecular formula is C18H21Br3. The molecule has 21 heavy (non-hydrogen) atoms. The number of hydrogen-bond donors (Lipinski definition) is 0. The lowest BCUT2D eigenvalue weighted by Gasteiger charge is -2.19. The van der Waals surface area contributed by atoms with Crippen molar-refractivity contribution < 1.29 is 0 Å². The molecule has 0 atom stereocenters. The summed E-state index contributed by atoms with van der Waals surface area (Å²) in [5, 5.41) is 0. The first-order chi connectivity index (χ1) is 10.1. The maximum absolute atomic E-state index is 3.83. The molecule has 1 rings (SSSR count). The highest BCUT2D eigenvalue weighted by molar-refractivity contribution is 9.11. The molecule has 0 amide bonds. The highest BCUT2D eigenvalue weighted by Gasteiger charge is 2.18. The molecule has 1 aromatic carbocycles. The fraction of sp³-hybridized carbons (Fsp3) is 0.333. The molecular weight excluding hydrogens is 456 g/mol. The van der Waals surface area contributed by atoms with E-state index < -0.39 is 0 Å². The molecule has 0 heterocycles. The fourth-order valence-electron chi connectivity index (χ4n) is 2.23. The van der Waals surface area contributed by atoms with Crippen LogP contribution in [0.3, 0.4) is 0 Å². The fourth-order valence-corrected chi connectivity index (χ4v) is 5.41. The summed E-state index contributed by atoms with van der Waals surface area (Å²) >= 11 is 11.4. The first kappa shape index (κ1) is 18.9. The van der Waals surface area contributed by atoms with Gasteiger partial charge in [-0.2, -0.15) is 0 Å². The first-order valence-corrected chi connectivity index (χ1v) is 9.46. The SMILES string of the molecule is C=CCCc1c(Br)c(CCC=C)c(Br)c(CCC=C)c1Br. The number of allylic oxidation sites excluding steroid dienone is 3. The Morgan fingerprint density at radius 3 is 1.00 bits per heavy atom. The van der Waals surface area contributed by atoms with Crippen molar-refractivity contribution in [2.75, 3.05) is 0 Å². The van der Waals surface area contributed by atoms with E-state index in [9.17, 15) is 0 Å². The van der Waals surface area contributed by atoms with Crippen molar-refractivity contribution in [3.63, 3.8) is 0 Å². The van der Waals surface area contributed by atoms with Crippen LogP contribution >= 0.6 is 47.8 Å². The average Bonchev–Trinajstić information content (AvgIpc) is 2.47. The Kier molecular flexibility index (Phi) is 8.84. The van der Waals surface area contributed by atoms with Crippen LogP contribution in [0, 0.1) is 0 Å². The van der Waals surface area contributed by atoms with Crippen molar-refractivity contribution in [2.24, 2.45) is 0 Å². The van der Waals surface area contributed by atoms with Crippen molar-refractivity contribution in [2.45, 2.75) is 38.5 Å². The highest BCUT2D eigenvalue weighted by atomic mass is 79.9. The third-order valence-electron chi connectivity index (χ3n) is 3.39. The van der Waals surface area contributed by atoms with Crippen LogP contribution in [0.5, 0.6) is 0 Å². The molecule has 0 bridgehead atoms. The van der Waals surface area contributed by atoms with Crippen molar-refractivity contribution in [1.82, 2.24) is 0 Å². The second-order valence-electron chi connectivity index (χ2n) is 4.86. The quantitative estimate of drug-likeness (QED) is 0.327. The molecule has 0 aliphatic heterocycles. The number of rotatable bonds is 9. The van der Waals surface area contributed by atoms with Crippen molar-refractivity contribution in [1.29, 1.82) is 0 Å². The Morgan fingerprint density at radius 2 is 0.810 bits per heavy atom. The summed E-state index contributed by atoms with van der Waals surface area (Å²) < 4.78 is 3.60. The van der Waals surface area contributed by atoms with E-state index in [1.807, 2.05) is 18.2 Å². The molecule has 0 aliphatic carbocycles. The van der Waals surface area contributed by atoms with Crippen LogP contribution in [-0.2, 0) is 19.3 Å². The highest BCUT2D eigenvalue weighted by Crippen LogP contribution is 2.40. The second kappa shape index (κ2) is 9.81. The van der Waals surface area contributed by atoms with Gasteiger partial charge in [0.1, 0.15) is 0 Å². The van der Waals surface area contributed by atoms with Crippen LogP contribution in [-0.4, -0.2) is 0 Å². The molecule has 0 saturated heterocycles. The van der Waals surface area contributed by atoms with Crippen LogP contribution < -0.4 is 0 Å². The van der Waals surface area contributed by atoms with Gasteiger partial charge >= 0.3 is 0 Å². The Bertz CT molecular complexity index is 432. The van der Waals surface area contributed by atoms with Crippen molar-refractivity contribution in [3.8, 4) is 0 Å². The van der Waals surface area contributed by atoms with Gasteiger partial charge in [0.15, 0.2) is 0 Å².